The van der Waals surface area contributed by atoms with Gasteiger partial charge in [-0.1, -0.05) is 18.2 Å². The lowest BCUT2D eigenvalue weighted by Crippen LogP contribution is -2.23. The van der Waals surface area contributed by atoms with Gasteiger partial charge >= 0.3 is 0 Å². The van der Waals surface area contributed by atoms with Gasteiger partial charge in [-0.25, -0.2) is 9.50 Å². The smallest absolute Gasteiger partial charge is 0.257 e. The minimum absolute atomic E-state index is 0.211. The van der Waals surface area contributed by atoms with Crippen LogP contribution in [-0.4, -0.2) is 34.4 Å². The molecule has 0 aliphatic carbocycles. The number of carbonyl (C=O) groups excluding carboxylic acids is 1. The molecular formula is C22H18N4O4. The van der Waals surface area contributed by atoms with Gasteiger partial charge in [0, 0.05) is 23.9 Å². The fourth-order valence-corrected chi connectivity index (χ4v) is 3.45. The van der Waals surface area contributed by atoms with Crippen LogP contribution in [-0.2, 0) is 6.54 Å². The summed E-state index contributed by atoms with van der Waals surface area (Å²) in [5.74, 6) is 1.85. The Balaban J connectivity index is 1.44. The van der Waals surface area contributed by atoms with E-state index in [-0.39, 0.29) is 12.7 Å². The maximum absolute atomic E-state index is 12.8. The third-order valence-corrected chi connectivity index (χ3v) is 4.95. The number of benzene rings is 2. The number of nitrogens with one attached hydrogen (secondary N) is 1. The van der Waals surface area contributed by atoms with Crippen LogP contribution in [0.4, 0.5) is 0 Å². The molecule has 1 aliphatic heterocycles. The van der Waals surface area contributed by atoms with Crippen molar-refractivity contribution in [2.24, 2.45) is 0 Å². The van der Waals surface area contributed by atoms with Crippen molar-refractivity contribution in [3.05, 3.63) is 72.1 Å². The minimum Gasteiger partial charge on any atom is -0.496 e. The average molecular weight is 402 g/mol. The first-order valence-corrected chi connectivity index (χ1v) is 9.37. The Kier molecular flexibility index (Phi) is 4.44. The standard InChI is InChI=1S/C22H18N4O4/c1-28-18-5-3-2-4-15(18)11-24-22(27)16-12-25-26-17(8-9-23-21(16)26)14-6-7-19-20(10-14)30-13-29-19/h2-10,12H,11,13H2,1H3,(H,24,27). The van der Waals surface area contributed by atoms with Crippen LogP contribution in [0, 0.1) is 0 Å². The summed E-state index contributed by atoms with van der Waals surface area (Å²) in [6.07, 6.45) is 3.18. The molecule has 1 aliphatic rings. The number of amides is 1. The molecule has 3 heterocycles. The lowest BCUT2D eigenvalue weighted by atomic mass is 10.1. The molecule has 8 heteroatoms. The van der Waals surface area contributed by atoms with E-state index >= 15 is 0 Å². The first kappa shape index (κ1) is 18.0. The number of fused-ring (bicyclic) bond motifs is 2. The van der Waals surface area contributed by atoms with Gasteiger partial charge in [-0.05, 0) is 30.3 Å². The second-order valence-electron chi connectivity index (χ2n) is 6.69. The molecular weight excluding hydrogens is 384 g/mol. The summed E-state index contributed by atoms with van der Waals surface area (Å²) in [4.78, 5) is 17.2. The molecule has 0 spiro atoms. The summed E-state index contributed by atoms with van der Waals surface area (Å²) < 4.78 is 17.8. The van der Waals surface area contributed by atoms with Crippen LogP contribution in [0.15, 0.2) is 60.9 Å². The molecule has 1 amide bonds. The van der Waals surface area contributed by atoms with E-state index in [1.54, 1.807) is 17.8 Å². The highest BCUT2D eigenvalue weighted by Crippen LogP contribution is 2.35. The maximum atomic E-state index is 12.8. The van der Waals surface area contributed by atoms with Gasteiger partial charge < -0.3 is 19.5 Å². The summed E-state index contributed by atoms with van der Waals surface area (Å²) >= 11 is 0. The predicted molar refractivity (Wildman–Crippen MR) is 109 cm³/mol. The highest BCUT2D eigenvalue weighted by Gasteiger charge is 2.19. The van der Waals surface area contributed by atoms with Gasteiger partial charge in [0.25, 0.3) is 5.91 Å². The van der Waals surface area contributed by atoms with Crippen molar-refractivity contribution in [1.29, 1.82) is 0 Å². The molecule has 0 unspecified atom stereocenters. The van der Waals surface area contributed by atoms with Gasteiger partial charge in [-0.15, -0.1) is 0 Å². The molecule has 2 aromatic carbocycles. The molecule has 5 rings (SSSR count). The number of ether oxygens (including phenoxy) is 3. The van der Waals surface area contributed by atoms with E-state index < -0.39 is 0 Å². The summed E-state index contributed by atoms with van der Waals surface area (Å²) in [7, 11) is 1.60. The molecule has 0 bridgehead atoms. The van der Waals surface area contributed by atoms with Crippen molar-refractivity contribution < 1.29 is 19.0 Å². The largest absolute Gasteiger partial charge is 0.496 e. The lowest BCUT2D eigenvalue weighted by molar-refractivity contribution is 0.0952. The Morgan fingerprint density at radius 2 is 2.03 bits per heavy atom. The summed E-state index contributed by atoms with van der Waals surface area (Å²) in [5.41, 5.74) is 3.44. The Morgan fingerprint density at radius 3 is 2.93 bits per heavy atom. The van der Waals surface area contributed by atoms with Crippen molar-refractivity contribution in [1.82, 2.24) is 19.9 Å². The molecule has 0 atom stereocenters. The van der Waals surface area contributed by atoms with Crippen LogP contribution < -0.4 is 19.5 Å². The number of hydrogen-bond acceptors (Lipinski definition) is 6. The zero-order valence-corrected chi connectivity index (χ0v) is 16.2. The molecule has 8 nitrogen and oxygen atoms in total. The van der Waals surface area contributed by atoms with Crippen LogP contribution in [0.2, 0.25) is 0 Å². The Morgan fingerprint density at radius 1 is 1.17 bits per heavy atom. The topological polar surface area (TPSA) is 87.0 Å². The second kappa shape index (κ2) is 7.40. The molecule has 0 fully saturated rings. The van der Waals surface area contributed by atoms with Crippen molar-refractivity contribution >= 4 is 11.6 Å². The molecule has 30 heavy (non-hydrogen) atoms. The Labute approximate surface area is 172 Å². The van der Waals surface area contributed by atoms with Gasteiger partial charge in [0.2, 0.25) is 6.79 Å². The number of rotatable bonds is 5. The number of aromatic nitrogens is 3. The molecule has 4 aromatic rings. The molecule has 0 saturated carbocycles. The lowest BCUT2D eigenvalue weighted by Gasteiger charge is -2.09. The molecule has 0 saturated heterocycles. The van der Waals surface area contributed by atoms with Crippen LogP contribution >= 0.6 is 0 Å². The van der Waals surface area contributed by atoms with Gasteiger partial charge in [0.05, 0.1) is 19.0 Å². The van der Waals surface area contributed by atoms with E-state index in [0.29, 0.717) is 29.3 Å². The Bertz CT molecular complexity index is 1250. The fourth-order valence-electron chi connectivity index (χ4n) is 3.45. The number of carbonyl (C=O) groups is 1. The van der Waals surface area contributed by atoms with E-state index in [4.69, 9.17) is 14.2 Å². The molecule has 1 N–H and O–H groups in total. The van der Waals surface area contributed by atoms with Crippen molar-refractivity contribution in [3.63, 3.8) is 0 Å². The maximum Gasteiger partial charge on any atom is 0.257 e. The first-order valence-electron chi connectivity index (χ1n) is 9.37. The average Bonchev–Trinajstić information content (AvgIpc) is 3.44. The highest BCUT2D eigenvalue weighted by molar-refractivity contribution is 5.99. The number of nitrogens with zero attached hydrogens (tertiary/aromatic N) is 3. The fraction of sp³-hybridized carbons (Fsp3) is 0.136. The van der Waals surface area contributed by atoms with Crippen LogP contribution in [0.25, 0.3) is 16.9 Å². The third-order valence-electron chi connectivity index (χ3n) is 4.95. The van der Waals surface area contributed by atoms with Gasteiger partial charge in [0.15, 0.2) is 17.1 Å². The van der Waals surface area contributed by atoms with Crippen molar-refractivity contribution in [2.45, 2.75) is 6.54 Å². The number of hydrogen-bond donors (Lipinski definition) is 1. The van der Waals surface area contributed by atoms with Gasteiger partial charge in [0.1, 0.15) is 11.3 Å². The van der Waals surface area contributed by atoms with Gasteiger partial charge in [-0.3, -0.25) is 4.79 Å². The molecule has 2 aromatic heterocycles. The number of para-hydroxylation sites is 1. The van der Waals surface area contributed by atoms with E-state index in [1.165, 1.54) is 6.20 Å². The predicted octanol–water partition coefficient (Wildman–Crippen LogP) is 3.06. The quantitative estimate of drug-likeness (QED) is 0.552. The third kappa shape index (κ3) is 3.08. The number of methoxy groups -OCH3 is 1. The molecule has 150 valence electrons. The minimum atomic E-state index is -0.258. The zero-order chi connectivity index (χ0) is 20.5. The zero-order valence-electron chi connectivity index (χ0n) is 16.2. The van der Waals surface area contributed by atoms with Crippen molar-refractivity contribution in [2.75, 3.05) is 13.9 Å². The van der Waals surface area contributed by atoms with E-state index in [2.05, 4.69) is 15.4 Å². The summed E-state index contributed by atoms with van der Waals surface area (Å²) in [5, 5.41) is 7.31. The summed E-state index contributed by atoms with van der Waals surface area (Å²) in [6.45, 7) is 0.546. The van der Waals surface area contributed by atoms with E-state index in [0.717, 1.165) is 22.6 Å². The second-order valence-corrected chi connectivity index (χ2v) is 6.69. The normalized spacial score (nSPS) is 12.2. The summed E-state index contributed by atoms with van der Waals surface area (Å²) in [6, 6.07) is 15.1. The van der Waals surface area contributed by atoms with Crippen LogP contribution in [0.5, 0.6) is 17.2 Å². The SMILES string of the molecule is COc1ccccc1CNC(=O)c1cnn2c(-c3ccc4c(c3)OCO4)ccnc12. The first-order chi connectivity index (χ1) is 14.7. The Hall–Kier alpha value is -4.07. The monoisotopic (exact) mass is 402 g/mol. The van der Waals surface area contributed by atoms with Crippen LogP contribution in [0.1, 0.15) is 15.9 Å². The highest BCUT2D eigenvalue weighted by atomic mass is 16.7. The van der Waals surface area contributed by atoms with E-state index in [1.807, 2.05) is 48.5 Å². The van der Waals surface area contributed by atoms with Crippen LogP contribution in [0.3, 0.4) is 0 Å². The molecule has 0 radical (unpaired) electrons. The van der Waals surface area contributed by atoms with Gasteiger partial charge in [-0.2, -0.15) is 5.10 Å². The van der Waals surface area contributed by atoms with E-state index in [9.17, 15) is 4.79 Å². The van der Waals surface area contributed by atoms with Crippen molar-refractivity contribution in [3.8, 4) is 28.5 Å².